The van der Waals surface area contributed by atoms with Gasteiger partial charge < -0.3 is 20.1 Å². The molecule has 0 radical (unpaired) electrons. The molecule has 0 bridgehead atoms. The average Bonchev–Trinajstić information content (AvgIpc) is 3.29. The minimum atomic E-state index is -0.613. The van der Waals surface area contributed by atoms with E-state index in [1.54, 1.807) is 0 Å². The fourth-order valence-corrected chi connectivity index (χ4v) is 7.23. The molecule has 6 atom stereocenters. The molecule has 3 saturated carbocycles. The van der Waals surface area contributed by atoms with Crippen LogP contribution in [0, 0.1) is 29.6 Å². The first-order chi connectivity index (χ1) is 15.6. The van der Waals surface area contributed by atoms with E-state index in [9.17, 15) is 14.4 Å². The third-order valence-electron chi connectivity index (χ3n) is 8.64. The minimum absolute atomic E-state index is 0.0544. The quantitative estimate of drug-likeness (QED) is 0.399. The lowest BCUT2D eigenvalue weighted by Gasteiger charge is -2.49. The van der Waals surface area contributed by atoms with Gasteiger partial charge in [0.05, 0.1) is 7.11 Å². The molecule has 0 saturated heterocycles. The van der Waals surface area contributed by atoms with Crippen LogP contribution >= 0.6 is 0 Å². The monoisotopic (exact) mass is 442 g/mol. The van der Waals surface area contributed by atoms with E-state index in [0.717, 1.165) is 42.9 Å². The number of allylic oxidation sites excluding steroid dienone is 1. The van der Waals surface area contributed by atoms with Gasteiger partial charge in [-0.05, 0) is 68.1 Å². The van der Waals surface area contributed by atoms with Gasteiger partial charge in [-0.1, -0.05) is 24.5 Å². The zero-order valence-corrected chi connectivity index (χ0v) is 18.9. The van der Waals surface area contributed by atoms with Gasteiger partial charge in [0, 0.05) is 19.5 Å². The summed E-state index contributed by atoms with van der Waals surface area (Å²) in [4.78, 5) is 35.1. The number of anilines is 1. The van der Waals surface area contributed by atoms with Crippen LogP contribution in [0.5, 0.6) is 5.75 Å². The molecule has 0 aromatic heterocycles. The van der Waals surface area contributed by atoms with E-state index in [4.69, 9.17) is 9.47 Å². The van der Waals surface area contributed by atoms with Gasteiger partial charge in [-0.2, -0.15) is 0 Å². The first-order valence-electron chi connectivity index (χ1n) is 12.3. The lowest BCUT2D eigenvalue weighted by atomic mass is 9.57. The van der Waals surface area contributed by atoms with Crippen molar-refractivity contribution in [3.8, 4) is 5.75 Å². The Balaban J connectivity index is 1.08. The fourth-order valence-electron chi connectivity index (χ4n) is 7.23. The minimum Gasteiger partial charge on any atom is -0.491 e. The lowest BCUT2D eigenvalue weighted by Crippen LogP contribution is -2.42. The summed E-state index contributed by atoms with van der Waals surface area (Å²) in [6.45, 7) is 0.616. The topological polar surface area (TPSA) is 93.7 Å². The van der Waals surface area contributed by atoms with Gasteiger partial charge in [0.15, 0.2) is 5.75 Å². The second kappa shape index (κ2) is 8.91. The van der Waals surface area contributed by atoms with E-state index in [1.165, 1.54) is 51.2 Å². The van der Waals surface area contributed by atoms with E-state index in [2.05, 4.69) is 16.7 Å². The number of alkyl carbamates (subject to hydrolysis) is 1. The third kappa shape index (κ3) is 3.84. The Hall–Kier alpha value is -2.31. The first-order valence-corrected chi connectivity index (χ1v) is 12.3. The summed E-state index contributed by atoms with van der Waals surface area (Å²) in [6.07, 6.45) is 13.3. The number of amides is 1. The van der Waals surface area contributed by atoms with Crippen molar-refractivity contribution in [3.05, 3.63) is 32.1 Å². The number of hydrogen-bond acceptors (Lipinski definition) is 6. The lowest BCUT2D eigenvalue weighted by molar-refractivity contribution is 0.0345. The summed E-state index contributed by atoms with van der Waals surface area (Å²) in [5.41, 5.74) is 0.518. The summed E-state index contributed by atoms with van der Waals surface area (Å²) < 4.78 is 10.6. The van der Waals surface area contributed by atoms with Crippen LogP contribution in [0.2, 0.25) is 0 Å². The second-order valence-corrected chi connectivity index (χ2v) is 10.1. The Bertz CT molecular complexity index is 962. The summed E-state index contributed by atoms with van der Waals surface area (Å²) in [6, 6.07) is 0. The molecule has 0 spiro atoms. The van der Waals surface area contributed by atoms with Crippen molar-refractivity contribution in [2.75, 3.05) is 25.5 Å². The van der Waals surface area contributed by atoms with Gasteiger partial charge in [-0.25, -0.2) is 4.79 Å². The number of fused-ring (bicyclic) bond motifs is 5. The maximum absolute atomic E-state index is 12.3. The largest absolute Gasteiger partial charge is 0.491 e. The second-order valence-electron chi connectivity index (χ2n) is 10.1. The van der Waals surface area contributed by atoms with E-state index in [0.29, 0.717) is 19.0 Å². The SMILES string of the molecule is COc1c(NCCNC(=O)OC2CCC3C(=CCC4C5CCCC5CCC34)C2)c(=O)c1=O. The molecule has 5 rings (SSSR count). The molecule has 4 aliphatic rings. The molecule has 2 N–H and O–H groups in total. The van der Waals surface area contributed by atoms with Crippen LogP contribution in [-0.4, -0.2) is 32.4 Å². The van der Waals surface area contributed by atoms with Crippen molar-refractivity contribution < 1.29 is 14.3 Å². The molecule has 7 nitrogen and oxygen atoms in total. The Kier molecular flexibility index (Phi) is 5.99. The summed E-state index contributed by atoms with van der Waals surface area (Å²) in [7, 11) is 1.35. The van der Waals surface area contributed by atoms with Gasteiger partial charge in [0.25, 0.3) is 10.9 Å². The highest BCUT2D eigenvalue weighted by molar-refractivity contribution is 5.67. The molecule has 174 valence electrons. The first kappa shape index (κ1) is 21.5. The number of carbonyl (C=O) groups is 1. The molecule has 32 heavy (non-hydrogen) atoms. The van der Waals surface area contributed by atoms with Crippen molar-refractivity contribution in [3.63, 3.8) is 0 Å². The van der Waals surface area contributed by atoms with Crippen molar-refractivity contribution in [1.82, 2.24) is 5.32 Å². The number of nitrogens with one attached hydrogen (secondary N) is 2. The molecular formula is C25H34N2O5. The van der Waals surface area contributed by atoms with Crippen molar-refractivity contribution in [1.29, 1.82) is 0 Å². The highest BCUT2D eigenvalue weighted by Gasteiger charge is 2.47. The van der Waals surface area contributed by atoms with Crippen LogP contribution in [0.3, 0.4) is 0 Å². The predicted molar refractivity (Wildman–Crippen MR) is 122 cm³/mol. The van der Waals surface area contributed by atoms with Gasteiger partial charge in [0.1, 0.15) is 11.8 Å². The van der Waals surface area contributed by atoms with E-state index >= 15 is 0 Å². The van der Waals surface area contributed by atoms with Crippen LogP contribution < -0.4 is 26.2 Å². The van der Waals surface area contributed by atoms with Crippen LogP contribution in [0.25, 0.3) is 0 Å². The predicted octanol–water partition coefficient (Wildman–Crippen LogP) is 3.37. The summed E-state index contributed by atoms with van der Waals surface area (Å²) in [5, 5.41) is 5.58. The van der Waals surface area contributed by atoms with Crippen molar-refractivity contribution >= 4 is 11.8 Å². The van der Waals surface area contributed by atoms with E-state index < -0.39 is 17.0 Å². The molecule has 3 fully saturated rings. The number of ether oxygens (including phenoxy) is 2. The molecule has 1 amide bonds. The van der Waals surface area contributed by atoms with E-state index in [-0.39, 0.29) is 17.5 Å². The molecule has 6 unspecified atom stereocenters. The van der Waals surface area contributed by atoms with Crippen molar-refractivity contribution in [2.24, 2.45) is 29.6 Å². The van der Waals surface area contributed by atoms with Crippen LogP contribution in [0.1, 0.15) is 57.8 Å². The fraction of sp³-hybridized carbons (Fsp3) is 0.720. The molecule has 7 heteroatoms. The van der Waals surface area contributed by atoms with E-state index in [1.807, 2.05) is 0 Å². The third-order valence-corrected chi connectivity index (χ3v) is 8.64. The van der Waals surface area contributed by atoms with Gasteiger partial charge in [-0.3, -0.25) is 9.59 Å². The van der Waals surface area contributed by atoms with Crippen molar-refractivity contribution in [2.45, 2.75) is 63.9 Å². The smallest absolute Gasteiger partial charge is 0.407 e. The Morgan fingerprint density at radius 1 is 1.00 bits per heavy atom. The Morgan fingerprint density at radius 2 is 1.88 bits per heavy atom. The van der Waals surface area contributed by atoms with Gasteiger partial charge >= 0.3 is 6.09 Å². The normalized spacial score (nSPS) is 33.5. The molecule has 0 heterocycles. The molecule has 1 aromatic carbocycles. The zero-order chi connectivity index (χ0) is 22.2. The van der Waals surface area contributed by atoms with Gasteiger partial charge in [0.2, 0.25) is 0 Å². The Labute approximate surface area is 188 Å². The number of hydrogen-bond donors (Lipinski definition) is 2. The number of methoxy groups -OCH3 is 1. The maximum atomic E-state index is 12.3. The average molecular weight is 443 g/mol. The van der Waals surface area contributed by atoms with Gasteiger partial charge in [-0.15, -0.1) is 0 Å². The number of rotatable bonds is 6. The van der Waals surface area contributed by atoms with Crippen LogP contribution in [0.15, 0.2) is 21.2 Å². The molecular weight excluding hydrogens is 408 g/mol. The molecule has 1 aromatic rings. The summed E-state index contributed by atoms with van der Waals surface area (Å²) in [5.74, 6) is 4.45. The summed E-state index contributed by atoms with van der Waals surface area (Å²) >= 11 is 0. The molecule has 0 aliphatic heterocycles. The van der Waals surface area contributed by atoms with Crippen LogP contribution in [-0.2, 0) is 4.74 Å². The highest BCUT2D eigenvalue weighted by Crippen LogP contribution is 2.56. The highest BCUT2D eigenvalue weighted by atomic mass is 16.6. The standard InChI is InChI=1S/C25H34N2O5/c1-31-24-21(22(28)23(24)29)26-11-12-27-25(30)32-16-7-10-18-15(13-16)6-9-19-17-4-2-3-14(17)5-8-20(18)19/h6,14,16-20,26H,2-5,7-13H2,1H3,(H,27,30). The maximum Gasteiger partial charge on any atom is 0.407 e. The molecule has 4 aliphatic carbocycles. The van der Waals surface area contributed by atoms with Crippen LogP contribution in [0.4, 0.5) is 10.5 Å². The Morgan fingerprint density at radius 3 is 2.72 bits per heavy atom. The number of carbonyl (C=O) groups excluding carboxylic acids is 1. The zero-order valence-electron chi connectivity index (χ0n) is 18.9.